The second-order valence-electron chi connectivity index (χ2n) is 8.70. The minimum atomic E-state index is -0.434. The van der Waals surface area contributed by atoms with Gasteiger partial charge in [-0.05, 0) is 62.9 Å². The van der Waals surface area contributed by atoms with E-state index in [0.717, 1.165) is 30.4 Å². The number of fused-ring (bicyclic) bond motifs is 1. The zero-order chi connectivity index (χ0) is 22.4. The van der Waals surface area contributed by atoms with Crippen LogP contribution in [-0.2, 0) is 6.42 Å². The monoisotopic (exact) mass is 474 g/mol. The highest BCUT2D eigenvalue weighted by Crippen LogP contribution is 2.42. The molecule has 1 aromatic heterocycles. The lowest BCUT2D eigenvalue weighted by Crippen LogP contribution is -2.41. The molecular formula is C24H25Cl2FN4O. The fraction of sp³-hybridized carbons (Fsp3) is 0.417. The molecule has 32 heavy (non-hydrogen) atoms. The Bertz CT molecular complexity index is 1140. The molecule has 3 aromatic rings. The average molecular weight is 475 g/mol. The Hall–Kier alpha value is -2.15. The first-order valence-corrected chi connectivity index (χ1v) is 11.8. The van der Waals surface area contributed by atoms with Crippen LogP contribution in [0.3, 0.4) is 0 Å². The number of aryl methyl sites for hydroxylation is 2. The van der Waals surface area contributed by atoms with Gasteiger partial charge in [-0.25, -0.2) is 4.39 Å². The summed E-state index contributed by atoms with van der Waals surface area (Å²) in [5, 5.41) is 13.0. The third-order valence-corrected chi connectivity index (χ3v) is 7.07. The highest BCUT2D eigenvalue weighted by Gasteiger charge is 2.38. The van der Waals surface area contributed by atoms with E-state index < -0.39 is 5.82 Å². The SMILES string of the molecule is Cc1nnc(C)n1-c1ccc(O[C@@H]2c3cc(Cl)cc(Cl)c3C[C@@H]2NC2CCCC2)c(F)c1. The second kappa shape index (κ2) is 8.65. The molecule has 0 aliphatic heterocycles. The van der Waals surface area contributed by atoms with Crippen LogP contribution in [0.25, 0.3) is 5.69 Å². The van der Waals surface area contributed by atoms with E-state index >= 15 is 4.39 Å². The van der Waals surface area contributed by atoms with E-state index in [9.17, 15) is 0 Å². The zero-order valence-corrected chi connectivity index (χ0v) is 19.5. The quantitative estimate of drug-likeness (QED) is 0.499. The van der Waals surface area contributed by atoms with Gasteiger partial charge < -0.3 is 10.1 Å². The molecule has 1 fully saturated rings. The summed E-state index contributed by atoms with van der Waals surface area (Å²) < 4.78 is 23.3. The lowest BCUT2D eigenvalue weighted by Gasteiger charge is -2.26. The number of ether oxygens (including phenoxy) is 1. The van der Waals surface area contributed by atoms with E-state index in [2.05, 4.69) is 15.5 Å². The summed E-state index contributed by atoms with van der Waals surface area (Å²) in [7, 11) is 0. The van der Waals surface area contributed by atoms with Crippen molar-refractivity contribution in [2.24, 2.45) is 0 Å². The molecular weight excluding hydrogens is 450 g/mol. The molecule has 1 heterocycles. The Morgan fingerprint density at radius 3 is 2.47 bits per heavy atom. The molecule has 5 rings (SSSR count). The van der Waals surface area contributed by atoms with Crippen molar-refractivity contribution in [3.05, 3.63) is 69.0 Å². The summed E-state index contributed by atoms with van der Waals surface area (Å²) >= 11 is 12.8. The molecule has 0 unspecified atom stereocenters. The van der Waals surface area contributed by atoms with Crippen LogP contribution in [0.5, 0.6) is 5.75 Å². The zero-order valence-electron chi connectivity index (χ0n) is 18.0. The fourth-order valence-corrected chi connectivity index (χ4v) is 5.61. The fourth-order valence-electron chi connectivity index (χ4n) is 5.03. The second-order valence-corrected chi connectivity index (χ2v) is 9.54. The number of nitrogens with one attached hydrogen (secondary N) is 1. The van der Waals surface area contributed by atoms with Gasteiger partial charge in [0.05, 0.1) is 11.7 Å². The van der Waals surface area contributed by atoms with Crippen LogP contribution in [0.2, 0.25) is 10.0 Å². The molecule has 8 heteroatoms. The van der Waals surface area contributed by atoms with Gasteiger partial charge in [0, 0.05) is 27.7 Å². The Labute approximate surface area is 196 Å². The molecule has 2 aromatic carbocycles. The summed E-state index contributed by atoms with van der Waals surface area (Å²) in [4.78, 5) is 0. The Kier molecular flexibility index (Phi) is 5.86. The molecule has 2 aliphatic rings. The van der Waals surface area contributed by atoms with Crippen LogP contribution in [-0.4, -0.2) is 26.8 Å². The minimum Gasteiger partial charge on any atom is -0.481 e. The van der Waals surface area contributed by atoms with Gasteiger partial charge in [0.1, 0.15) is 17.8 Å². The van der Waals surface area contributed by atoms with Gasteiger partial charge in [0.2, 0.25) is 0 Å². The van der Waals surface area contributed by atoms with Crippen molar-refractivity contribution in [3.8, 4) is 11.4 Å². The van der Waals surface area contributed by atoms with Crippen LogP contribution in [0.1, 0.15) is 54.6 Å². The Morgan fingerprint density at radius 2 is 1.78 bits per heavy atom. The van der Waals surface area contributed by atoms with Crippen LogP contribution in [0, 0.1) is 19.7 Å². The first-order chi connectivity index (χ1) is 15.4. The van der Waals surface area contributed by atoms with Crippen LogP contribution >= 0.6 is 23.2 Å². The van der Waals surface area contributed by atoms with Crippen molar-refractivity contribution in [2.75, 3.05) is 0 Å². The molecule has 1 N–H and O–H groups in total. The Balaban J connectivity index is 1.46. The van der Waals surface area contributed by atoms with E-state index in [1.807, 2.05) is 30.5 Å². The van der Waals surface area contributed by atoms with E-state index in [-0.39, 0.29) is 17.9 Å². The normalized spacial score (nSPS) is 20.7. The van der Waals surface area contributed by atoms with Crippen molar-refractivity contribution < 1.29 is 9.13 Å². The minimum absolute atomic E-state index is 0.00507. The standard InChI is InChI=1S/C24H25Cl2FN4O/c1-13-29-30-14(2)31(13)17-7-8-23(21(27)11-17)32-24-19-9-15(25)10-20(26)18(19)12-22(24)28-16-5-3-4-6-16/h7-11,16,22,24,28H,3-6,12H2,1-2H3/t22-,24+/m0/s1. The number of hydrogen-bond donors (Lipinski definition) is 1. The highest BCUT2D eigenvalue weighted by atomic mass is 35.5. The number of nitrogens with zero attached hydrogens (tertiary/aromatic N) is 3. The third-order valence-electron chi connectivity index (χ3n) is 6.51. The summed E-state index contributed by atoms with van der Waals surface area (Å²) in [5.41, 5.74) is 2.60. The molecule has 0 radical (unpaired) electrons. The largest absolute Gasteiger partial charge is 0.481 e. The Morgan fingerprint density at radius 1 is 1.06 bits per heavy atom. The molecule has 2 aliphatic carbocycles. The number of hydrogen-bond acceptors (Lipinski definition) is 4. The molecule has 0 bridgehead atoms. The topological polar surface area (TPSA) is 52.0 Å². The summed E-state index contributed by atoms with van der Waals surface area (Å²) in [6.45, 7) is 3.68. The van der Waals surface area contributed by atoms with Crippen LogP contribution in [0.4, 0.5) is 4.39 Å². The number of halogens is 3. The average Bonchev–Trinajstić information content (AvgIpc) is 3.45. The van der Waals surface area contributed by atoms with Gasteiger partial charge in [-0.2, -0.15) is 0 Å². The number of benzene rings is 2. The van der Waals surface area contributed by atoms with Gasteiger partial charge in [-0.3, -0.25) is 4.57 Å². The number of rotatable bonds is 5. The van der Waals surface area contributed by atoms with Gasteiger partial charge >= 0.3 is 0 Å². The van der Waals surface area contributed by atoms with Crippen molar-refractivity contribution in [1.82, 2.24) is 20.1 Å². The van der Waals surface area contributed by atoms with Gasteiger partial charge in [0.25, 0.3) is 0 Å². The predicted octanol–water partition coefficient (Wildman–Crippen LogP) is 5.91. The molecule has 0 amide bonds. The van der Waals surface area contributed by atoms with E-state index in [4.69, 9.17) is 27.9 Å². The van der Waals surface area contributed by atoms with E-state index in [0.29, 0.717) is 33.4 Å². The molecule has 168 valence electrons. The highest BCUT2D eigenvalue weighted by molar-refractivity contribution is 6.35. The smallest absolute Gasteiger partial charge is 0.167 e. The third kappa shape index (κ3) is 4.00. The maximum atomic E-state index is 15.2. The first-order valence-electron chi connectivity index (χ1n) is 11.0. The van der Waals surface area contributed by atoms with Crippen LogP contribution in [0.15, 0.2) is 30.3 Å². The first kappa shape index (κ1) is 21.7. The van der Waals surface area contributed by atoms with Gasteiger partial charge in [0.15, 0.2) is 11.6 Å². The lowest BCUT2D eigenvalue weighted by atomic mass is 10.1. The molecule has 0 spiro atoms. The maximum Gasteiger partial charge on any atom is 0.167 e. The number of aromatic nitrogens is 3. The summed E-state index contributed by atoms with van der Waals surface area (Å²) in [5.74, 6) is 1.16. The molecule has 2 atom stereocenters. The van der Waals surface area contributed by atoms with E-state index in [1.54, 1.807) is 12.1 Å². The van der Waals surface area contributed by atoms with Crippen LogP contribution < -0.4 is 10.1 Å². The summed E-state index contributed by atoms with van der Waals surface area (Å²) in [6.07, 6.45) is 5.11. The van der Waals surface area contributed by atoms with E-state index in [1.165, 1.54) is 18.9 Å². The van der Waals surface area contributed by atoms with Crippen molar-refractivity contribution in [2.45, 2.75) is 64.1 Å². The maximum absolute atomic E-state index is 15.2. The van der Waals surface area contributed by atoms with Crippen molar-refractivity contribution in [3.63, 3.8) is 0 Å². The van der Waals surface area contributed by atoms with Gasteiger partial charge in [-0.1, -0.05) is 36.0 Å². The van der Waals surface area contributed by atoms with Crippen molar-refractivity contribution >= 4 is 23.2 Å². The molecule has 5 nitrogen and oxygen atoms in total. The summed E-state index contributed by atoms with van der Waals surface area (Å²) in [6, 6.07) is 9.05. The van der Waals surface area contributed by atoms with Gasteiger partial charge in [-0.15, -0.1) is 10.2 Å². The lowest BCUT2D eigenvalue weighted by molar-refractivity contribution is 0.153. The predicted molar refractivity (Wildman–Crippen MR) is 124 cm³/mol. The molecule has 0 saturated heterocycles. The van der Waals surface area contributed by atoms with Crippen molar-refractivity contribution in [1.29, 1.82) is 0 Å². The molecule has 1 saturated carbocycles.